The largest absolute Gasteiger partial charge is 0.497 e. The highest BCUT2D eigenvalue weighted by Gasteiger charge is 2.33. The number of benzene rings is 1. The fraction of sp³-hybridized carbons (Fsp3) is 0.300. The van der Waals surface area contributed by atoms with E-state index >= 15 is 0 Å². The standard InChI is InChI=1S/C20H19F3N4O2S/c1-3-16(17(28)13-4-6-15(29-2)7-5-13)30-19-26-25-18(14-8-10-24-11-9-14)27(19)12-20(21,22)23/h4-11,16H,3,12H2,1-2H3. The van der Waals surface area contributed by atoms with Crippen LogP contribution >= 0.6 is 11.8 Å². The van der Waals surface area contributed by atoms with E-state index in [-0.39, 0.29) is 16.8 Å². The van der Waals surface area contributed by atoms with E-state index in [1.807, 2.05) is 0 Å². The normalized spacial score (nSPS) is 12.6. The third-order valence-electron chi connectivity index (χ3n) is 4.28. The molecule has 0 radical (unpaired) electrons. The Morgan fingerprint density at radius 3 is 2.37 bits per heavy atom. The van der Waals surface area contributed by atoms with E-state index in [9.17, 15) is 18.0 Å². The van der Waals surface area contributed by atoms with Gasteiger partial charge in [-0.25, -0.2) is 0 Å². The summed E-state index contributed by atoms with van der Waals surface area (Å²) in [4.78, 5) is 16.8. The van der Waals surface area contributed by atoms with Crippen molar-refractivity contribution in [3.8, 4) is 17.1 Å². The summed E-state index contributed by atoms with van der Waals surface area (Å²) < 4.78 is 45.8. The molecule has 1 unspecified atom stereocenters. The van der Waals surface area contributed by atoms with Crippen LogP contribution in [0.1, 0.15) is 23.7 Å². The molecular weight excluding hydrogens is 417 g/mol. The summed E-state index contributed by atoms with van der Waals surface area (Å²) >= 11 is 0.977. The number of carbonyl (C=O) groups is 1. The summed E-state index contributed by atoms with van der Waals surface area (Å²) in [5.41, 5.74) is 0.912. The molecule has 0 N–H and O–H groups in total. The highest BCUT2D eigenvalue weighted by atomic mass is 32.2. The molecule has 3 aromatic rings. The SMILES string of the molecule is CCC(Sc1nnc(-c2ccncc2)n1CC(F)(F)F)C(=O)c1ccc(OC)cc1. The van der Waals surface area contributed by atoms with Gasteiger partial charge < -0.3 is 4.74 Å². The van der Waals surface area contributed by atoms with Crippen molar-refractivity contribution in [2.75, 3.05) is 7.11 Å². The number of thioether (sulfide) groups is 1. The molecule has 158 valence electrons. The molecule has 6 nitrogen and oxygen atoms in total. The zero-order chi connectivity index (χ0) is 21.7. The van der Waals surface area contributed by atoms with Crippen LogP contribution in [0.3, 0.4) is 0 Å². The molecule has 0 aliphatic rings. The van der Waals surface area contributed by atoms with E-state index in [1.165, 1.54) is 19.5 Å². The van der Waals surface area contributed by atoms with Gasteiger partial charge in [0.25, 0.3) is 0 Å². The topological polar surface area (TPSA) is 69.9 Å². The number of methoxy groups -OCH3 is 1. The summed E-state index contributed by atoms with van der Waals surface area (Å²) in [6.45, 7) is 0.542. The van der Waals surface area contributed by atoms with Crippen LogP contribution < -0.4 is 4.74 Å². The van der Waals surface area contributed by atoms with E-state index in [0.717, 1.165) is 16.3 Å². The average molecular weight is 436 g/mol. The number of pyridine rings is 1. The van der Waals surface area contributed by atoms with Crippen LogP contribution in [0, 0.1) is 0 Å². The minimum atomic E-state index is -4.47. The van der Waals surface area contributed by atoms with Gasteiger partial charge in [-0.2, -0.15) is 13.2 Å². The molecule has 2 aromatic heterocycles. The van der Waals surface area contributed by atoms with Crippen molar-refractivity contribution in [2.45, 2.75) is 36.5 Å². The van der Waals surface area contributed by atoms with Gasteiger partial charge in [0.2, 0.25) is 0 Å². The van der Waals surface area contributed by atoms with Crippen LogP contribution in [-0.4, -0.2) is 44.1 Å². The Labute approximate surface area is 175 Å². The molecule has 2 heterocycles. The van der Waals surface area contributed by atoms with Crippen LogP contribution in [0.25, 0.3) is 11.4 Å². The van der Waals surface area contributed by atoms with Gasteiger partial charge in [0.1, 0.15) is 12.3 Å². The first-order valence-electron chi connectivity index (χ1n) is 9.07. The lowest BCUT2D eigenvalue weighted by molar-refractivity contribution is -0.141. The van der Waals surface area contributed by atoms with Gasteiger partial charge >= 0.3 is 6.18 Å². The molecule has 30 heavy (non-hydrogen) atoms. The molecule has 0 saturated carbocycles. The summed E-state index contributed by atoms with van der Waals surface area (Å²) in [6, 6.07) is 9.72. The number of rotatable bonds is 8. The summed E-state index contributed by atoms with van der Waals surface area (Å²) in [5.74, 6) is 0.486. The van der Waals surface area contributed by atoms with Crippen molar-refractivity contribution in [3.05, 3.63) is 54.4 Å². The van der Waals surface area contributed by atoms with E-state index in [2.05, 4.69) is 15.2 Å². The number of nitrogens with zero attached hydrogens (tertiary/aromatic N) is 4. The second-order valence-corrected chi connectivity index (χ2v) is 7.52. The molecule has 0 bridgehead atoms. The number of carbonyl (C=O) groups excluding carboxylic acids is 1. The second-order valence-electron chi connectivity index (χ2n) is 6.35. The lowest BCUT2D eigenvalue weighted by Crippen LogP contribution is -2.21. The predicted molar refractivity (Wildman–Crippen MR) is 107 cm³/mol. The van der Waals surface area contributed by atoms with Gasteiger partial charge in [0.05, 0.1) is 12.4 Å². The Bertz CT molecular complexity index is 992. The maximum Gasteiger partial charge on any atom is 0.406 e. The number of hydrogen-bond acceptors (Lipinski definition) is 6. The molecule has 0 aliphatic heterocycles. The van der Waals surface area contributed by atoms with Crippen LogP contribution in [0.2, 0.25) is 0 Å². The second kappa shape index (κ2) is 9.29. The van der Waals surface area contributed by atoms with Crippen molar-refractivity contribution in [1.82, 2.24) is 19.7 Å². The van der Waals surface area contributed by atoms with E-state index < -0.39 is 18.0 Å². The minimum Gasteiger partial charge on any atom is -0.497 e. The highest BCUT2D eigenvalue weighted by molar-refractivity contribution is 8.00. The summed E-state index contributed by atoms with van der Waals surface area (Å²) in [7, 11) is 1.52. The maximum absolute atomic E-state index is 13.2. The zero-order valence-corrected chi connectivity index (χ0v) is 17.1. The van der Waals surface area contributed by atoms with E-state index in [4.69, 9.17) is 4.74 Å². The third-order valence-corrected chi connectivity index (χ3v) is 5.62. The van der Waals surface area contributed by atoms with Gasteiger partial charge in [0.15, 0.2) is 16.8 Å². The molecule has 0 spiro atoms. The van der Waals surface area contributed by atoms with Crippen molar-refractivity contribution in [3.63, 3.8) is 0 Å². The number of alkyl halides is 3. The van der Waals surface area contributed by atoms with Crippen molar-refractivity contribution in [2.24, 2.45) is 0 Å². The minimum absolute atomic E-state index is 0.0350. The summed E-state index contributed by atoms with van der Waals surface area (Å²) in [5, 5.41) is 7.32. The first kappa shape index (κ1) is 21.8. The quantitative estimate of drug-likeness (QED) is 0.378. The fourth-order valence-corrected chi connectivity index (χ4v) is 3.83. The molecule has 0 aliphatic carbocycles. The van der Waals surface area contributed by atoms with Gasteiger partial charge in [-0.15, -0.1) is 10.2 Å². The van der Waals surface area contributed by atoms with Crippen LogP contribution in [-0.2, 0) is 6.54 Å². The lowest BCUT2D eigenvalue weighted by Gasteiger charge is -2.16. The highest BCUT2D eigenvalue weighted by Crippen LogP contribution is 2.32. The molecule has 0 fully saturated rings. The Morgan fingerprint density at radius 2 is 1.80 bits per heavy atom. The number of halogens is 3. The van der Waals surface area contributed by atoms with Gasteiger partial charge in [-0.05, 0) is 42.8 Å². The van der Waals surface area contributed by atoms with Gasteiger partial charge in [0, 0.05) is 23.5 Å². The number of hydrogen-bond donors (Lipinski definition) is 0. The van der Waals surface area contributed by atoms with Crippen molar-refractivity contribution < 1.29 is 22.7 Å². The van der Waals surface area contributed by atoms with Crippen molar-refractivity contribution in [1.29, 1.82) is 0 Å². The predicted octanol–water partition coefficient (Wildman–Crippen LogP) is 4.66. The fourth-order valence-electron chi connectivity index (χ4n) is 2.80. The van der Waals surface area contributed by atoms with Crippen LogP contribution in [0.15, 0.2) is 53.9 Å². The van der Waals surface area contributed by atoms with E-state index in [1.54, 1.807) is 43.3 Å². The molecule has 10 heteroatoms. The first-order valence-corrected chi connectivity index (χ1v) is 9.95. The first-order chi connectivity index (χ1) is 14.3. The van der Waals surface area contributed by atoms with Crippen LogP contribution in [0.5, 0.6) is 5.75 Å². The third kappa shape index (κ3) is 5.18. The summed E-state index contributed by atoms with van der Waals surface area (Å²) in [6.07, 6.45) is -1.12. The van der Waals surface area contributed by atoms with E-state index in [0.29, 0.717) is 23.3 Å². The average Bonchev–Trinajstić information content (AvgIpc) is 3.12. The van der Waals surface area contributed by atoms with Gasteiger partial charge in [-0.3, -0.25) is 14.3 Å². The molecule has 0 amide bonds. The Morgan fingerprint density at radius 1 is 1.13 bits per heavy atom. The van der Waals surface area contributed by atoms with Crippen LogP contribution in [0.4, 0.5) is 13.2 Å². The Balaban J connectivity index is 1.91. The molecular formula is C20H19F3N4O2S. The molecule has 3 rings (SSSR count). The number of Topliss-reactive ketones (excluding diaryl/α,β-unsaturated/α-hetero) is 1. The maximum atomic E-state index is 13.2. The molecule has 1 aromatic carbocycles. The zero-order valence-electron chi connectivity index (χ0n) is 16.3. The number of ether oxygens (including phenoxy) is 1. The smallest absolute Gasteiger partial charge is 0.406 e. The van der Waals surface area contributed by atoms with Gasteiger partial charge in [-0.1, -0.05) is 18.7 Å². The number of ketones is 1. The lowest BCUT2D eigenvalue weighted by atomic mass is 10.1. The van der Waals surface area contributed by atoms with Crippen molar-refractivity contribution >= 4 is 17.5 Å². The monoisotopic (exact) mass is 436 g/mol. The molecule has 0 saturated heterocycles. The Hall–Kier alpha value is -2.88. The molecule has 1 atom stereocenters. The Kier molecular flexibility index (Phi) is 6.76. The number of aromatic nitrogens is 4.